The maximum Gasteiger partial charge on any atom is 0.280 e. The Balaban J connectivity index is 3.05. The quantitative estimate of drug-likeness (QED) is 0.651. The van der Waals surface area contributed by atoms with Gasteiger partial charge in [0, 0.05) is 0 Å². The molecule has 0 spiro atoms. The number of rotatable bonds is 1. The molecule has 1 heterocycles. The van der Waals surface area contributed by atoms with Crippen molar-refractivity contribution in [1.82, 2.24) is 4.98 Å². The zero-order valence-corrected chi connectivity index (χ0v) is 5.46. The molecule has 5 heteroatoms. The summed E-state index contributed by atoms with van der Waals surface area (Å²) in [5.41, 5.74) is 4.62. The van der Waals surface area contributed by atoms with E-state index in [-0.39, 0.29) is 11.4 Å². The van der Waals surface area contributed by atoms with E-state index in [2.05, 4.69) is 4.98 Å². The summed E-state index contributed by atoms with van der Waals surface area (Å²) >= 11 is 0. The lowest BCUT2D eigenvalue weighted by atomic mass is 10.3. The third kappa shape index (κ3) is 1.54. The molecule has 60 valence electrons. The average Bonchev–Trinajstić information content (AvgIpc) is 1.94. The van der Waals surface area contributed by atoms with Crippen LogP contribution in [0, 0.1) is 0 Å². The number of nitrogens with zero attached hydrogens (tertiary/aromatic N) is 1. The normalized spacial score (nSPS) is 10.5. The fourth-order valence-electron chi connectivity index (χ4n) is 0.600. The number of aromatic hydroxyl groups is 1. The third-order valence-corrected chi connectivity index (χ3v) is 1.16. The fraction of sp³-hybridized carbons (Fsp3) is 0.167. The van der Waals surface area contributed by atoms with E-state index in [1.165, 1.54) is 0 Å². The highest BCUT2D eigenvalue weighted by atomic mass is 19.3. The summed E-state index contributed by atoms with van der Waals surface area (Å²) in [7, 11) is 0. The van der Waals surface area contributed by atoms with Gasteiger partial charge in [0.05, 0.1) is 11.9 Å². The molecule has 0 radical (unpaired) electrons. The van der Waals surface area contributed by atoms with Crippen molar-refractivity contribution in [3.8, 4) is 5.75 Å². The van der Waals surface area contributed by atoms with Gasteiger partial charge in [0.15, 0.2) is 5.75 Å². The van der Waals surface area contributed by atoms with Crippen LogP contribution in [0.5, 0.6) is 5.75 Å². The molecule has 1 aromatic rings. The minimum Gasteiger partial charge on any atom is -0.504 e. The standard InChI is InChI=1S/C6H6F2N2O/c7-6(8)4-1-3(9)5(11)2-10-4/h1-2,6,11H,(H2,9,10). The third-order valence-electron chi connectivity index (χ3n) is 1.16. The van der Waals surface area contributed by atoms with Crippen molar-refractivity contribution in [3.05, 3.63) is 18.0 Å². The number of halogens is 2. The number of hydrogen-bond acceptors (Lipinski definition) is 3. The van der Waals surface area contributed by atoms with Gasteiger partial charge in [0.25, 0.3) is 6.43 Å². The molecule has 11 heavy (non-hydrogen) atoms. The van der Waals surface area contributed by atoms with Crippen molar-refractivity contribution in [2.75, 3.05) is 5.73 Å². The van der Waals surface area contributed by atoms with Gasteiger partial charge in [-0.3, -0.25) is 4.98 Å². The molecule has 0 fully saturated rings. The molecule has 0 aromatic carbocycles. The van der Waals surface area contributed by atoms with E-state index in [4.69, 9.17) is 10.8 Å². The van der Waals surface area contributed by atoms with Crippen LogP contribution >= 0.6 is 0 Å². The van der Waals surface area contributed by atoms with Crippen LogP contribution < -0.4 is 5.73 Å². The first-order chi connectivity index (χ1) is 5.11. The van der Waals surface area contributed by atoms with Gasteiger partial charge < -0.3 is 10.8 Å². The van der Waals surface area contributed by atoms with Crippen LogP contribution in [0.25, 0.3) is 0 Å². The molecule has 0 saturated heterocycles. The topological polar surface area (TPSA) is 59.1 Å². The molecule has 3 nitrogen and oxygen atoms in total. The smallest absolute Gasteiger partial charge is 0.280 e. The zero-order chi connectivity index (χ0) is 8.43. The van der Waals surface area contributed by atoms with E-state index in [0.717, 1.165) is 12.3 Å². The number of pyridine rings is 1. The summed E-state index contributed by atoms with van der Waals surface area (Å²) in [6.45, 7) is 0. The molecule has 0 unspecified atom stereocenters. The van der Waals surface area contributed by atoms with E-state index in [1.54, 1.807) is 0 Å². The van der Waals surface area contributed by atoms with Gasteiger partial charge in [-0.1, -0.05) is 0 Å². The fourth-order valence-corrected chi connectivity index (χ4v) is 0.600. The Bertz CT molecular complexity index is 265. The molecule has 3 N–H and O–H groups in total. The highest BCUT2D eigenvalue weighted by Crippen LogP contribution is 2.23. The molecule has 0 atom stereocenters. The summed E-state index contributed by atoms with van der Waals surface area (Å²) < 4.78 is 23.8. The van der Waals surface area contributed by atoms with Gasteiger partial charge in [-0.15, -0.1) is 0 Å². The highest BCUT2D eigenvalue weighted by Gasteiger charge is 2.09. The maximum atomic E-state index is 11.9. The van der Waals surface area contributed by atoms with Crippen molar-refractivity contribution in [3.63, 3.8) is 0 Å². The summed E-state index contributed by atoms with van der Waals surface area (Å²) in [4.78, 5) is 3.26. The van der Waals surface area contributed by atoms with Gasteiger partial charge in [0.1, 0.15) is 5.69 Å². The summed E-state index contributed by atoms with van der Waals surface area (Å²) in [6.07, 6.45) is -1.76. The van der Waals surface area contributed by atoms with Crippen LogP contribution in [0.2, 0.25) is 0 Å². The predicted molar refractivity (Wildman–Crippen MR) is 35.3 cm³/mol. The summed E-state index contributed by atoms with van der Waals surface area (Å²) in [5, 5.41) is 8.79. The molecule has 1 aromatic heterocycles. The Morgan fingerprint density at radius 1 is 1.55 bits per heavy atom. The highest BCUT2D eigenvalue weighted by molar-refractivity contribution is 5.50. The van der Waals surface area contributed by atoms with Crippen LogP contribution in [0.4, 0.5) is 14.5 Å². The molecule has 0 aliphatic carbocycles. The Morgan fingerprint density at radius 3 is 2.64 bits per heavy atom. The number of alkyl halides is 2. The minimum atomic E-state index is -2.65. The second kappa shape index (κ2) is 2.69. The second-order valence-electron chi connectivity index (χ2n) is 1.97. The number of anilines is 1. The number of aromatic nitrogens is 1. The number of hydrogen-bond donors (Lipinski definition) is 2. The van der Waals surface area contributed by atoms with E-state index < -0.39 is 12.1 Å². The Kier molecular flexibility index (Phi) is 1.89. The SMILES string of the molecule is Nc1cc(C(F)F)ncc1O. The Labute approximate surface area is 61.5 Å². The molecular weight excluding hydrogens is 154 g/mol. The molecule has 0 aliphatic rings. The van der Waals surface area contributed by atoms with Gasteiger partial charge >= 0.3 is 0 Å². The zero-order valence-electron chi connectivity index (χ0n) is 5.46. The molecule has 0 amide bonds. The maximum absolute atomic E-state index is 11.9. The molecule has 0 bridgehead atoms. The average molecular weight is 160 g/mol. The van der Waals surface area contributed by atoms with Crippen LogP contribution in [-0.4, -0.2) is 10.1 Å². The van der Waals surface area contributed by atoms with Crippen LogP contribution in [0.15, 0.2) is 12.3 Å². The Morgan fingerprint density at radius 2 is 2.18 bits per heavy atom. The summed E-state index contributed by atoms with van der Waals surface area (Å²) in [5.74, 6) is -0.283. The van der Waals surface area contributed by atoms with Gasteiger partial charge in [0.2, 0.25) is 0 Å². The lowest BCUT2D eigenvalue weighted by Crippen LogP contribution is -1.93. The molecule has 0 aliphatic heterocycles. The monoisotopic (exact) mass is 160 g/mol. The predicted octanol–water partition coefficient (Wildman–Crippen LogP) is 1.31. The van der Waals surface area contributed by atoms with E-state index in [0.29, 0.717) is 0 Å². The molecule has 1 rings (SSSR count). The van der Waals surface area contributed by atoms with Crippen LogP contribution in [0.1, 0.15) is 12.1 Å². The van der Waals surface area contributed by atoms with Crippen molar-refractivity contribution in [1.29, 1.82) is 0 Å². The lowest BCUT2D eigenvalue weighted by Gasteiger charge is -2.00. The summed E-state index contributed by atoms with van der Waals surface area (Å²) in [6, 6.07) is 0.944. The number of nitrogen functional groups attached to an aromatic ring is 1. The number of nitrogens with two attached hydrogens (primary N) is 1. The van der Waals surface area contributed by atoms with E-state index in [1.807, 2.05) is 0 Å². The first-order valence-electron chi connectivity index (χ1n) is 2.84. The minimum absolute atomic E-state index is 0.0877. The van der Waals surface area contributed by atoms with Crippen molar-refractivity contribution in [2.45, 2.75) is 6.43 Å². The van der Waals surface area contributed by atoms with Gasteiger partial charge in [-0.25, -0.2) is 8.78 Å². The van der Waals surface area contributed by atoms with Crippen molar-refractivity contribution < 1.29 is 13.9 Å². The van der Waals surface area contributed by atoms with Crippen molar-refractivity contribution in [2.24, 2.45) is 0 Å². The first kappa shape index (κ1) is 7.71. The second-order valence-corrected chi connectivity index (χ2v) is 1.97. The largest absolute Gasteiger partial charge is 0.504 e. The van der Waals surface area contributed by atoms with Gasteiger partial charge in [-0.2, -0.15) is 0 Å². The first-order valence-corrected chi connectivity index (χ1v) is 2.84. The Hall–Kier alpha value is -1.39. The molecule has 0 saturated carbocycles. The van der Waals surface area contributed by atoms with E-state index in [9.17, 15) is 8.78 Å². The van der Waals surface area contributed by atoms with Crippen LogP contribution in [0.3, 0.4) is 0 Å². The van der Waals surface area contributed by atoms with Crippen molar-refractivity contribution >= 4 is 5.69 Å². The van der Waals surface area contributed by atoms with Crippen LogP contribution in [-0.2, 0) is 0 Å². The van der Waals surface area contributed by atoms with Gasteiger partial charge in [-0.05, 0) is 6.07 Å². The lowest BCUT2D eigenvalue weighted by molar-refractivity contribution is 0.146. The molecular formula is C6H6F2N2O. The van der Waals surface area contributed by atoms with E-state index >= 15 is 0 Å².